The third-order valence-corrected chi connectivity index (χ3v) is 7.80. The highest BCUT2D eigenvalue weighted by atomic mass is 16.2. The van der Waals surface area contributed by atoms with Crippen LogP contribution in [0.1, 0.15) is 194 Å². The highest BCUT2D eigenvalue weighted by Gasteiger charge is 1.92. The lowest BCUT2D eigenvalue weighted by molar-refractivity contribution is -0.117. The molecule has 0 rings (SSSR count). The summed E-state index contributed by atoms with van der Waals surface area (Å²) in [6, 6.07) is 0. The van der Waals surface area contributed by atoms with Gasteiger partial charge in [-0.05, 0) is 182 Å². The molecular weight excluding hydrogens is 1310 g/mol. The molecule has 0 aromatic heterocycles. The van der Waals surface area contributed by atoms with E-state index in [-0.39, 0.29) is 82.7 Å². The molecule has 0 saturated heterocycles. The van der Waals surface area contributed by atoms with Gasteiger partial charge in [0.15, 0.2) is 0 Å². The summed E-state index contributed by atoms with van der Waals surface area (Å²) in [5, 5.41) is 2.69. The summed E-state index contributed by atoms with van der Waals surface area (Å²) in [7, 11) is 0. The van der Waals surface area contributed by atoms with Crippen LogP contribution in [0.3, 0.4) is 0 Å². The van der Waals surface area contributed by atoms with Gasteiger partial charge in [0.25, 0.3) is 0 Å². The molecule has 0 aromatic carbocycles. The summed E-state index contributed by atoms with van der Waals surface area (Å²) < 4.78 is 0. The van der Waals surface area contributed by atoms with Crippen molar-refractivity contribution >= 4 is 82.7 Å². The van der Waals surface area contributed by atoms with E-state index in [1.54, 1.807) is 85.1 Å². The minimum atomic E-state index is -0.373. The second-order valence-corrected chi connectivity index (χ2v) is 18.3. The normalized spacial score (nSPS) is 9.87. The average Bonchev–Trinajstić information content (AvgIpc) is 1.97. The maximum Gasteiger partial charge on any atom is 0.243 e. The molecule has 0 spiro atoms. The van der Waals surface area contributed by atoms with Crippen molar-refractivity contribution in [2.75, 3.05) is 6.54 Å². The average molecular weight is 1440 g/mol. The van der Waals surface area contributed by atoms with Crippen molar-refractivity contribution in [1.82, 2.24) is 5.32 Å². The van der Waals surface area contributed by atoms with Crippen molar-refractivity contribution in [3.8, 4) is 0 Å². The van der Waals surface area contributed by atoms with Crippen LogP contribution in [0, 0.1) is 0 Å². The van der Waals surface area contributed by atoms with Crippen LogP contribution >= 0.6 is 0 Å². The Morgan fingerprint density at radius 2 is 0.294 bits per heavy atom. The summed E-state index contributed by atoms with van der Waals surface area (Å²) in [6.07, 6.45) is 55.6. The lowest BCUT2D eigenvalue weighted by Crippen LogP contribution is -2.22. The Morgan fingerprint density at radius 3 is 0.353 bits per heavy atom. The van der Waals surface area contributed by atoms with Crippen molar-refractivity contribution in [2.24, 2.45) is 74.5 Å². The zero-order valence-corrected chi connectivity index (χ0v) is 63.7. The second-order valence-electron chi connectivity index (χ2n) is 18.3. The smallest absolute Gasteiger partial charge is 0.243 e. The van der Waals surface area contributed by atoms with E-state index in [1.165, 1.54) is 79.0 Å². The van der Waals surface area contributed by atoms with Crippen LogP contribution in [0.2, 0.25) is 0 Å². The molecule has 0 atom stereocenters. The maximum atomic E-state index is 10.9. The van der Waals surface area contributed by atoms with Crippen molar-refractivity contribution in [3.63, 3.8) is 0 Å². The molecule has 0 aliphatic heterocycles. The Balaban J connectivity index is -0.0000000683. The van der Waals surface area contributed by atoms with Crippen LogP contribution in [-0.2, 0) is 67.1 Å². The topological polar surface area (TPSA) is 589 Å². The first kappa shape index (κ1) is 124. The van der Waals surface area contributed by atoms with Gasteiger partial charge in [0.2, 0.25) is 82.7 Å². The number of allylic oxidation sites excluding steroid dienone is 14. The van der Waals surface area contributed by atoms with E-state index in [9.17, 15) is 67.1 Å². The second kappa shape index (κ2) is 117. The fraction of sp³-hybridized carbons (Fsp3) is 0.405. The molecule has 0 saturated carbocycles. The quantitative estimate of drug-likeness (QED) is 0.0247. The third kappa shape index (κ3) is 276. The molecule has 28 heteroatoms. The number of nitrogens with one attached hydrogen (secondary N) is 1. The molecule has 28 nitrogen and oxygen atoms in total. The molecule has 14 amide bonds. The van der Waals surface area contributed by atoms with Gasteiger partial charge in [0.1, 0.15) is 0 Å². The van der Waals surface area contributed by atoms with Crippen molar-refractivity contribution in [1.29, 1.82) is 0 Å². The monoisotopic (exact) mass is 1440 g/mol. The number of nitrogens with two attached hydrogens (primary N) is 13. The van der Waals surface area contributed by atoms with Gasteiger partial charge in [-0.3, -0.25) is 67.1 Å². The first-order valence-corrected chi connectivity index (χ1v) is 32.7. The third-order valence-electron chi connectivity index (χ3n) is 7.80. The predicted octanol–water partition coefficient (Wildman–Crippen LogP) is 7.34. The van der Waals surface area contributed by atoms with E-state index in [0.29, 0.717) is 6.54 Å². The first-order chi connectivity index (χ1) is 47.7. The molecule has 0 radical (unpaired) electrons. The zero-order valence-electron chi connectivity index (χ0n) is 63.7. The fourth-order valence-electron chi connectivity index (χ4n) is 3.56. The van der Waals surface area contributed by atoms with Crippen molar-refractivity contribution in [3.05, 3.63) is 182 Å². The van der Waals surface area contributed by atoms with E-state index < -0.39 is 0 Å². The molecule has 102 heavy (non-hydrogen) atoms. The van der Waals surface area contributed by atoms with E-state index in [0.717, 1.165) is 95.5 Å². The molecule has 582 valence electrons. The van der Waals surface area contributed by atoms with Gasteiger partial charge in [-0.1, -0.05) is 194 Å². The molecule has 0 unspecified atom stereocenters. The Kier molecular flexibility index (Phi) is 142. The van der Waals surface area contributed by atoms with Gasteiger partial charge in [0.05, 0.1) is 0 Å². The van der Waals surface area contributed by atoms with Crippen LogP contribution in [-0.4, -0.2) is 89.2 Å². The molecular formula is C74H132N14O14. The number of hydrogen-bond donors (Lipinski definition) is 14. The number of hydrogen-bond acceptors (Lipinski definition) is 14. The van der Waals surface area contributed by atoms with Gasteiger partial charge in [-0.25, -0.2) is 0 Å². The zero-order chi connectivity index (χ0) is 82.8. The molecule has 0 aliphatic rings. The molecule has 0 aromatic rings. The summed E-state index contributed by atoms with van der Waals surface area (Å²) >= 11 is 0. The fourth-order valence-corrected chi connectivity index (χ4v) is 3.56. The molecule has 0 aliphatic carbocycles. The van der Waals surface area contributed by atoms with Gasteiger partial charge in [-0.2, -0.15) is 0 Å². The number of rotatable bonds is 30. The number of amides is 14. The van der Waals surface area contributed by atoms with Crippen LogP contribution in [0.15, 0.2) is 182 Å². The van der Waals surface area contributed by atoms with E-state index in [4.69, 9.17) is 74.5 Å². The first-order valence-electron chi connectivity index (χ1n) is 32.7. The van der Waals surface area contributed by atoms with Crippen molar-refractivity contribution < 1.29 is 67.1 Å². The van der Waals surface area contributed by atoms with Crippen LogP contribution in [0.4, 0.5) is 0 Å². The maximum absolute atomic E-state index is 10.9. The highest BCUT2D eigenvalue weighted by molar-refractivity contribution is 5.90. The van der Waals surface area contributed by atoms with Gasteiger partial charge in [0, 0.05) is 6.54 Å². The van der Waals surface area contributed by atoms with E-state index in [1.807, 2.05) is 110 Å². The largest absolute Gasteiger partial charge is 0.366 e. The Bertz CT molecular complexity index is 2050. The number of carbonyl (C=O) groups excluding carboxylic acids is 14. The molecule has 27 N–H and O–H groups in total. The molecule has 0 fully saturated rings. The van der Waals surface area contributed by atoms with Gasteiger partial charge in [-0.15, -0.1) is 0 Å². The van der Waals surface area contributed by atoms with E-state index in [2.05, 4.69) is 11.9 Å². The van der Waals surface area contributed by atoms with Gasteiger partial charge < -0.3 is 79.9 Å². The predicted molar refractivity (Wildman–Crippen MR) is 419 cm³/mol. The van der Waals surface area contributed by atoms with Crippen molar-refractivity contribution in [2.45, 2.75) is 194 Å². The summed E-state index contributed by atoms with van der Waals surface area (Å²) in [5.74, 6) is -4.90. The summed E-state index contributed by atoms with van der Waals surface area (Å²) in [6.45, 7) is 33.4. The Labute approximate surface area is 609 Å². The van der Waals surface area contributed by atoms with Gasteiger partial charge >= 0.3 is 0 Å². The summed E-state index contributed by atoms with van der Waals surface area (Å²) in [5.41, 5.74) is 62.7. The van der Waals surface area contributed by atoms with Crippen LogP contribution in [0.25, 0.3) is 0 Å². The summed E-state index contributed by atoms with van der Waals surface area (Å²) in [4.78, 5) is 139. The molecule has 0 heterocycles. The minimum Gasteiger partial charge on any atom is -0.366 e. The number of carbonyl (C=O) groups is 14. The standard InChI is InChI=1S/C9H15NO.13C5H9NO/c1-4-5-6-9(11)10-7-8(2)3;13*1-2-3-4-5(6)7/h5-6H,2,4,7H2,1,3H3,(H,10,11);13*3-4H,2H2,1H3,(H2,6,7). The lowest BCUT2D eigenvalue weighted by atomic mass is 10.3. The Hall–Kier alpha value is -11.3. The highest BCUT2D eigenvalue weighted by Crippen LogP contribution is 1.85. The minimum absolute atomic E-state index is 0.0464. The lowest BCUT2D eigenvalue weighted by Gasteiger charge is -1.98. The Morgan fingerprint density at radius 1 is 0.206 bits per heavy atom. The SMILES string of the molecule is C=C(C)CNC(=O)C=CCC.CCC=CC(N)=O.CCC=CC(N)=O.CCC=CC(N)=O.CCC=CC(N)=O.CCC=CC(N)=O.CCC=CC(N)=O.CCC=CC(N)=O.CCC=CC(N)=O.CCC=CC(N)=O.CCC=CC(N)=O.CCC=CC(N)=O.CCC=CC(N)=O.CCC=CC(N)=O. The van der Waals surface area contributed by atoms with E-state index >= 15 is 0 Å². The molecule has 0 bridgehead atoms. The van der Waals surface area contributed by atoms with Crippen LogP contribution < -0.4 is 79.9 Å². The number of primary amides is 13. The van der Waals surface area contributed by atoms with Crippen LogP contribution in [0.5, 0.6) is 0 Å².